The van der Waals surface area contributed by atoms with Crippen LogP contribution >= 0.6 is 15.9 Å². The van der Waals surface area contributed by atoms with E-state index in [-0.39, 0.29) is 24.6 Å². The second-order valence-corrected chi connectivity index (χ2v) is 10.4. The molecule has 0 saturated carbocycles. The molecule has 1 heterocycles. The van der Waals surface area contributed by atoms with Crippen LogP contribution in [0.3, 0.4) is 0 Å². The third-order valence-electron chi connectivity index (χ3n) is 6.35. The van der Waals surface area contributed by atoms with Crippen LogP contribution in [0.15, 0.2) is 81.5 Å². The number of benzene rings is 3. The molecule has 4 rings (SSSR count). The number of nitrogens with zero attached hydrogens (tertiary/aromatic N) is 1. The fourth-order valence-electron chi connectivity index (χ4n) is 4.32. The number of rotatable bonds is 13. The average molecular weight is 672 g/mol. The van der Waals surface area contributed by atoms with Crippen LogP contribution in [0.1, 0.15) is 36.6 Å². The number of nitrogens with one attached hydrogen (secondary N) is 3. The molecular weight excluding hydrogens is 639 g/mol. The average Bonchev–Trinajstić information content (AvgIpc) is 2.99. The first-order valence-electron chi connectivity index (χ1n) is 13.6. The number of hydrazone groups is 1. The minimum Gasteiger partial charge on any atom is -0.490 e. The van der Waals surface area contributed by atoms with E-state index in [1.807, 2.05) is 0 Å². The number of esters is 1. The number of hydrogen-bond donors (Lipinski definition) is 4. The first-order chi connectivity index (χ1) is 21.2. The van der Waals surface area contributed by atoms with Crippen LogP contribution in [0.25, 0.3) is 0 Å². The second-order valence-electron chi connectivity index (χ2n) is 9.52. The van der Waals surface area contributed by atoms with Gasteiger partial charge < -0.3 is 34.7 Å². The van der Waals surface area contributed by atoms with E-state index in [0.29, 0.717) is 45.2 Å². The second kappa shape index (κ2) is 15.2. The van der Waals surface area contributed by atoms with Gasteiger partial charge in [-0.2, -0.15) is 5.10 Å². The van der Waals surface area contributed by atoms with Crippen LogP contribution in [0.4, 0.5) is 9.18 Å². The number of halogens is 2. The Morgan fingerprint density at radius 2 is 1.91 bits per heavy atom. The molecule has 0 fully saturated rings. The van der Waals surface area contributed by atoms with E-state index < -0.39 is 24.3 Å². The highest BCUT2D eigenvalue weighted by Gasteiger charge is 2.32. The number of ether oxygens (including phenoxy) is 4. The lowest BCUT2D eigenvalue weighted by Gasteiger charge is -2.28. The van der Waals surface area contributed by atoms with Crippen LogP contribution in [0, 0.1) is 5.82 Å². The van der Waals surface area contributed by atoms with Crippen LogP contribution in [0.2, 0.25) is 0 Å². The zero-order valence-corrected chi connectivity index (χ0v) is 25.8. The number of hydrogen-bond acceptors (Lipinski definition) is 9. The maximum atomic E-state index is 13.4. The summed E-state index contributed by atoms with van der Waals surface area (Å²) in [6, 6.07) is 15.3. The van der Waals surface area contributed by atoms with Crippen molar-refractivity contribution in [1.82, 2.24) is 16.1 Å². The first-order valence-corrected chi connectivity index (χ1v) is 14.4. The lowest BCUT2D eigenvalue weighted by atomic mass is 9.95. The Morgan fingerprint density at radius 3 is 2.64 bits per heavy atom. The highest BCUT2D eigenvalue weighted by molar-refractivity contribution is 9.10. The van der Waals surface area contributed by atoms with Gasteiger partial charge in [0.1, 0.15) is 24.8 Å². The number of carbonyl (C=O) groups excluding carboxylic acids is 2. The molecule has 13 heteroatoms. The van der Waals surface area contributed by atoms with Crippen LogP contribution in [-0.4, -0.2) is 49.9 Å². The molecule has 0 radical (unpaired) electrons. The highest BCUT2D eigenvalue weighted by atomic mass is 79.9. The van der Waals surface area contributed by atoms with Gasteiger partial charge in [-0.3, -0.25) is 5.43 Å². The quantitative estimate of drug-likeness (QED) is 0.0889. The highest BCUT2D eigenvalue weighted by Crippen LogP contribution is 2.35. The standard InChI is InChI=1S/C31H32BrFN4O7/c1-4-42-26-14-21(29-28(30(39)41-3)18(2)35-31(40)36-29)9-11-25(26)44-17-27(38)37-34-15-19-8-10-24(23(32)13-19)43-16-20-6-5-7-22(33)12-20/h5-15,27,29,37-38H,4,16-17H2,1-3H3,(H2,35,36,40)/b34-15-/t27-,29+/m0/s1. The summed E-state index contributed by atoms with van der Waals surface area (Å²) in [5.41, 5.74) is 5.27. The van der Waals surface area contributed by atoms with E-state index >= 15 is 0 Å². The van der Waals surface area contributed by atoms with E-state index in [1.165, 1.54) is 25.5 Å². The topological polar surface area (TPSA) is 140 Å². The normalized spacial score (nSPS) is 15.3. The van der Waals surface area contributed by atoms with Gasteiger partial charge in [0.05, 0.1) is 36.0 Å². The Kier molecular flexibility index (Phi) is 11.2. The van der Waals surface area contributed by atoms with Crippen molar-refractivity contribution in [3.05, 3.63) is 98.9 Å². The number of carbonyl (C=O) groups is 2. The molecule has 0 bridgehead atoms. The van der Waals surface area contributed by atoms with Crippen LogP contribution in [-0.2, 0) is 16.1 Å². The lowest BCUT2D eigenvalue weighted by molar-refractivity contribution is -0.136. The summed E-state index contributed by atoms with van der Waals surface area (Å²) in [5.74, 6) is 0.389. The summed E-state index contributed by atoms with van der Waals surface area (Å²) in [6.45, 7) is 3.80. The SMILES string of the molecule is CCOc1cc([C@H]2NC(=O)NC(C)=C2C(=O)OC)ccc1OC[C@H](O)N/N=C\c1ccc(OCc2cccc(F)c2)c(Br)c1. The fourth-order valence-corrected chi connectivity index (χ4v) is 4.83. The molecule has 4 N–H and O–H groups in total. The van der Waals surface area contributed by atoms with Crippen molar-refractivity contribution in [2.45, 2.75) is 32.7 Å². The van der Waals surface area contributed by atoms with Gasteiger partial charge in [-0.25, -0.2) is 14.0 Å². The summed E-state index contributed by atoms with van der Waals surface area (Å²) >= 11 is 3.46. The van der Waals surface area contributed by atoms with Gasteiger partial charge >= 0.3 is 12.0 Å². The third kappa shape index (κ3) is 8.48. The van der Waals surface area contributed by atoms with Gasteiger partial charge in [-0.15, -0.1) is 0 Å². The van der Waals surface area contributed by atoms with E-state index in [9.17, 15) is 19.1 Å². The van der Waals surface area contributed by atoms with Crippen molar-refractivity contribution in [3.63, 3.8) is 0 Å². The first kappa shape index (κ1) is 32.3. The van der Waals surface area contributed by atoms with Crippen molar-refractivity contribution in [3.8, 4) is 17.2 Å². The van der Waals surface area contributed by atoms with Crippen molar-refractivity contribution in [2.75, 3.05) is 20.3 Å². The molecule has 1 aliphatic rings. The van der Waals surface area contributed by atoms with Gasteiger partial charge in [0.2, 0.25) is 0 Å². The van der Waals surface area contributed by atoms with Gasteiger partial charge in [-0.1, -0.05) is 18.2 Å². The number of aliphatic hydroxyl groups excluding tert-OH is 1. The van der Waals surface area contributed by atoms with Crippen molar-refractivity contribution >= 4 is 34.1 Å². The molecule has 2 atom stereocenters. The summed E-state index contributed by atoms with van der Waals surface area (Å²) in [4.78, 5) is 24.6. The summed E-state index contributed by atoms with van der Waals surface area (Å²) in [7, 11) is 1.27. The maximum Gasteiger partial charge on any atom is 0.337 e. The predicted octanol–water partition coefficient (Wildman–Crippen LogP) is 4.69. The third-order valence-corrected chi connectivity index (χ3v) is 6.97. The molecule has 1 aliphatic heterocycles. The van der Waals surface area contributed by atoms with Gasteiger partial charge in [0.25, 0.3) is 0 Å². The zero-order chi connectivity index (χ0) is 31.6. The van der Waals surface area contributed by atoms with E-state index in [2.05, 4.69) is 37.1 Å². The van der Waals surface area contributed by atoms with E-state index in [4.69, 9.17) is 18.9 Å². The van der Waals surface area contributed by atoms with Gasteiger partial charge in [0.15, 0.2) is 17.7 Å². The number of methoxy groups -OCH3 is 1. The Morgan fingerprint density at radius 1 is 1.11 bits per heavy atom. The molecule has 232 valence electrons. The van der Waals surface area contributed by atoms with Crippen molar-refractivity contribution in [2.24, 2.45) is 5.10 Å². The molecule has 0 unspecified atom stereocenters. The molecule has 44 heavy (non-hydrogen) atoms. The summed E-state index contributed by atoms with van der Waals surface area (Å²) in [5, 5.41) is 19.8. The fraction of sp³-hybridized carbons (Fsp3) is 0.258. The van der Waals surface area contributed by atoms with Crippen LogP contribution in [0.5, 0.6) is 17.2 Å². The monoisotopic (exact) mass is 670 g/mol. The predicted molar refractivity (Wildman–Crippen MR) is 164 cm³/mol. The summed E-state index contributed by atoms with van der Waals surface area (Å²) in [6.07, 6.45) is 0.366. The largest absolute Gasteiger partial charge is 0.490 e. The Hall–Kier alpha value is -4.62. The van der Waals surface area contributed by atoms with Gasteiger partial charge in [0, 0.05) is 5.70 Å². The molecule has 0 saturated heterocycles. The molecule has 0 aromatic heterocycles. The molecule has 3 aromatic rings. The molecule has 2 amide bonds. The minimum atomic E-state index is -1.15. The van der Waals surface area contributed by atoms with E-state index in [0.717, 1.165) is 5.56 Å². The lowest BCUT2D eigenvalue weighted by Crippen LogP contribution is -2.45. The van der Waals surface area contributed by atoms with Crippen LogP contribution < -0.4 is 30.3 Å². The Bertz CT molecular complexity index is 1570. The Labute approximate surface area is 262 Å². The van der Waals surface area contributed by atoms with Gasteiger partial charge in [-0.05, 0) is 88.9 Å². The molecule has 0 aliphatic carbocycles. The summed E-state index contributed by atoms with van der Waals surface area (Å²) < 4.78 is 36.2. The smallest absolute Gasteiger partial charge is 0.337 e. The van der Waals surface area contributed by atoms with Crippen molar-refractivity contribution in [1.29, 1.82) is 0 Å². The number of aliphatic hydroxyl groups is 1. The van der Waals surface area contributed by atoms with E-state index in [1.54, 1.807) is 62.4 Å². The number of amides is 2. The molecule has 11 nitrogen and oxygen atoms in total. The van der Waals surface area contributed by atoms with Crippen molar-refractivity contribution < 1.29 is 38.0 Å². The minimum absolute atomic E-state index is 0.163. The molecule has 3 aromatic carbocycles. The Balaban J connectivity index is 1.34. The number of urea groups is 1. The maximum absolute atomic E-state index is 13.4. The number of allylic oxidation sites excluding steroid dienone is 1. The molecule has 0 spiro atoms. The molecular formula is C31H32BrFN4O7. The zero-order valence-electron chi connectivity index (χ0n) is 24.2.